The van der Waals surface area contributed by atoms with Crippen LogP contribution < -0.4 is 9.47 Å². The predicted octanol–water partition coefficient (Wildman–Crippen LogP) is 4.23. The van der Waals surface area contributed by atoms with Gasteiger partial charge in [-0.25, -0.2) is 9.97 Å². The predicted molar refractivity (Wildman–Crippen MR) is 126 cm³/mol. The minimum absolute atomic E-state index is 0.146. The van der Waals surface area contributed by atoms with Gasteiger partial charge in [0.1, 0.15) is 29.5 Å². The molecule has 7 nitrogen and oxygen atoms in total. The number of nitrogens with zero attached hydrogens (tertiary/aromatic N) is 3. The molecule has 0 aliphatic carbocycles. The van der Waals surface area contributed by atoms with Gasteiger partial charge >= 0.3 is 0 Å². The van der Waals surface area contributed by atoms with Crippen molar-refractivity contribution in [2.24, 2.45) is 5.92 Å². The van der Waals surface area contributed by atoms with Crippen molar-refractivity contribution in [3.05, 3.63) is 71.7 Å². The van der Waals surface area contributed by atoms with Crippen LogP contribution >= 0.6 is 0 Å². The molecule has 5 rings (SSSR count). The van der Waals surface area contributed by atoms with E-state index in [1.54, 1.807) is 48.8 Å². The molecule has 2 N–H and O–H groups in total. The zero-order valence-corrected chi connectivity index (χ0v) is 18.8. The highest BCUT2D eigenvalue weighted by molar-refractivity contribution is 5.95. The summed E-state index contributed by atoms with van der Waals surface area (Å²) in [6.45, 7) is 4.41. The maximum atomic E-state index is 12.6. The van der Waals surface area contributed by atoms with Crippen LogP contribution in [0.25, 0.3) is 11.1 Å². The van der Waals surface area contributed by atoms with E-state index in [0.717, 1.165) is 41.9 Å². The molecule has 176 valence electrons. The molecule has 8 heteroatoms. The Kier molecular flexibility index (Phi) is 6.06. The van der Waals surface area contributed by atoms with Gasteiger partial charge in [0.15, 0.2) is 6.10 Å². The van der Waals surface area contributed by atoms with Crippen molar-refractivity contribution in [3.8, 4) is 23.1 Å². The second kappa shape index (κ2) is 9.30. The molecule has 1 unspecified atom stereocenters. The van der Waals surface area contributed by atoms with E-state index in [4.69, 9.17) is 9.47 Å². The number of phenolic OH excluding ortho intramolecular Hbond substituents is 2. The second-order valence-electron chi connectivity index (χ2n) is 8.68. The van der Waals surface area contributed by atoms with Gasteiger partial charge in [-0.1, -0.05) is 12.1 Å². The van der Waals surface area contributed by atoms with Crippen LogP contribution in [0.5, 0.6) is 23.1 Å². The first-order valence-corrected chi connectivity index (χ1v) is 11.2. The number of likely N-dealkylation sites (tertiary alicyclic amines) is 1. The Labute approximate surface area is 197 Å². The molecule has 2 aliphatic rings. The minimum atomic E-state index is -0.556. The molecule has 1 aromatic heterocycles. The third kappa shape index (κ3) is 4.41. The van der Waals surface area contributed by atoms with Crippen molar-refractivity contribution < 1.29 is 24.1 Å². The summed E-state index contributed by atoms with van der Waals surface area (Å²) >= 11 is 0. The number of aromatic nitrogens is 2. The summed E-state index contributed by atoms with van der Waals surface area (Å²) in [7, 11) is 0. The van der Waals surface area contributed by atoms with Gasteiger partial charge in [0.05, 0.1) is 19.1 Å². The van der Waals surface area contributed by atoms with Crippen LogP contribution in [0, 0.1) is 5.92 Å². The van der Waals surface area contributed by atoms with E-state index in [2.05, 4.69) is 14.9 Å². The van der Waals surface area contributed by atoms with E-state index in [-0.39, 0.29) is 24.1 Å². The van der Waals surface area contributed by atoms with Crippen LogP contribution in [0.15, 0.2) is 54.9 Å². The van der Waals surface area contributed by atoms with Gasteiger partial charge in [-0.15, -0.1) is 0 Å². The van der Waals surface area contributed by atoms with Gasteiger partial charge in [-0.3, -0.25) is 9.29 Å². The average Bonchev–Trinajstić information content (AvgIpc) is 2.81. The van der Waals surface area contributed by atoms with Crippen molar-refractivity contribution >= 4 is 11.1 Å². The van der Waals surface area contributed by atoms with Crippen LogP contribution in [-0.4, -0.2) is 58.0 Å². The lowest BCUT2D eigenvalue weighted by Gasteiger charge is -2.37. The molecule has 2 aliphatic heterocycles. The molecular formula is C26H26FN3O4. The first-order valence-electron chi connectivity index (χ1n) is 11.2. The summed E-state index contributed by atoms with van der Waals surface area (Å²) < 4.78 is 24.6. The summed E-state index contributed by atoms with van der Waals surface area (Å²) in [4.78, 5) is 11.1. The van der Waals surface area contributed by atoms with E-state index in [1.165, 1.54) is 0 Å². The Bertz CT molecular complexity index is 1210. The number of hydrogen-bond acceptors (Lipinski definition) is 7. The largest absolute Gasteiger partial charge is 0.508 e. The Morgan fingerprint density at radius 3 is 2.65 bits per heavy atom. The number of rotatable bonds is 7. The van der Waals surface area contributed by atoms with Crippen LogP contribution in [-0.2, 0) is 0 Å². The molecule has 0 amide bonds. The summed E-state index contributed by atoms with van der Waals surface area (Å²) in [6, 6.07) is 11.9. The summed E-state index contributed by atoms with van der Waals surface area (Å²) in [5.74, 6) is 1.49. The number of allylic oxidation sites excluding steroid dienone is 1. The lowest BCUT2D eigenvalue weighted by atomic mass is 9.87. The van der Waals surface area contributed by atoms with Gasteiger partial charge in [-0.05, 0) is 48.4 Å². The zero-order valence-electron chi connectivity index (χ0n) is 18.8. The molecule has 1 atom stereocenters. The van der Waals surface area contributed by atoms with Gasteiger partial charge in [0.25, 0.3) is 0 Å². The van der Waals surface area contributed by atoms with Gasteiger partial charge in [0.2, 0.25) is 5.88 Å². The Hall–Kier alpha value is -3.65. The van der Waals surface area contributed by atoms with Gasteiger partial charge in [0, 0.05) is 36.7 Å². The topological polar surface area (TPSA) is 87.9 Å². The number of halogens is 1. The monoisotopic (exact) mass is 463 g/mol. The first-order chi connectivity index (χ1) is 16.5. The fourth-order valence-corrected chi connectivity index (χ4v) is 4.46. The number of phenols is 2. The number of fused-ring (bicyclic) bond motifs is 1. The van der Waals surface area contributed by atoms with Crippen LogP contribution in [0.3, 0.4) is 0 Å². The normalized spacial score (nSPS) is 18.2. The first kappa shape index (κ1) is 22.2. The fraction of sp³-hybridized carbons (Fsp3) is 0.308. The van der Waals surface area contributed by atoms with E-state index in [9.17, 15) is 14.6 Å². The Morgan fingerprint density at radius 2 is 1.91 bits per heavy atom. The standard InChI is InChI=1S/C26H26FN3O4/c1-16-21-10-20(32)5-6-23(21)34-26(25(16)18-3-2-4-19(31)9-18)22-12-29-24(13-28-22)33-8-7-30-14-17(11-27)15-30/h2-6,9-10,12-13,17,26,31-32H,7-8,11,14-15H2,1H3. The number of alkyl halides is 1. The highest BCUT2D eigenvalue weighted by Gasteiger charge is 2.31. The van der Waals surface area contributed by atoms with Crippen LogP contribution in [0.4, 0.5) is 4.39 Å². The molecule has 34 heavy (non-hydrogen) atoms. The quantitative estimate of drug-likeness (QED) is 0.542. The number of aromatic hydroxyl groups is 2. The van der Waals surface area contributed by atoms with Crippen molar-refractivity contribution in [2.45, 2.75) is 13.0 Å². The molecule has 0 bridgehead atoms. The van der Waals surface area contributed by atoms with Crippen molar-refractivity contribution in [1.29, 1.82) is 0 Å². The lowest BCUT2D eigenvalue weighted by Crippen LogP contribution is -2.49. The highest BCUT2D eigenvalue weighted by Crippen LogP contribution is 2.47. The minimum Gasteiger partial charge on any atom is -0.508 e. The van der Waals surface area contributed by atoms with Crippen molar-refractivity contribution in [2.75, 3.05) is 32.9 Å². The third-order valence-corrected chi connectivity index (χ3v) is 6.26. The number of hydrogen-bond donors (Lipinski definition) is 2. The second-order valence-corrected chi connectivity index (χ2v) is 8.68. The summed E-state index contributed by atoms with van der Waals surface area (Å²) in [5.41, 5.74) is 3.91. The smallest absolute Gasteiger partial charge is 0.232 e. The van der Waals surface area contributed by atoms with E-state index >= 15 is 0 Å². The maximum Gasteiger partial charge on any atom is 0.232 e. The van der Waals surface area contributed by atoms with Crippen LogP contribution in [0.1, 0.15) is 29.8 Å². The number of ether oxygens (including phenoxy) is 2. The van der Waals surface area contributed by atoms with Crippen molar-refractivity contribution in [1.82, 2.24) is 14.9 Å². The van der Waals surface area contributed by atoms with Gasteiger partial charge in [-0.2, -0.15) is 0 Å². The zero-order chi connectivity index (χ0) is 23.7. The van der Waals surface area contributed by atoms with Crippen LogP contribution in [0.2, 0.25) is 0 Å². The molecule has 1 saturated heterocycles. The van der Waals surface area contributed by atoms with Gasteiger partial charge < -0.3 is 19.7 Å². The van der Waals surface area contributed by atoms with E-state index < -0.39 is 6.10 Å². The maximum absolute atomic E-state index is 12.6. The number of benzene rings is 2. The third-order valence-electron chi connectivity index (χ3n) is 6.26. The highest BCUT2D eigenvalue weighted by atomic mass is 19.1. The lowest BCUT2D eigenvalue weighted by molar-refractivity contribution is 0.0661. The average molecular weight is 464 g/mol. The molecule has 1 fully saturated rings. The molecule has 3 heterocycles. The Balaban J connectivity index is 1.38. The van der Waals surface area contributed by atoms with E-state index in [1.807, 2.05) is 13.0 Å². The molecular weight excluding hydrogens is 437 g/mol. The molecule has 2 aromatic carbocycles. The molecule has 3 aromatic rings. The molecule has 0 saturated carbocycles. The van der Waals surface area contributed by atoms with E-state index in [0.29, 0.717) is 23.9 Å². The SMILES string of the molecule is CC1=C(c2cccc(O)c2)C(c2cnc(OCCN3CC(CF)C3)cn2)Oc2ccc(O)cc21. The fourth-order valence-electron chi connectivity index (χ4n) is 4.46. The summed E-state index contributed by atoms with van der Waals surface area (Å²) in [6.07, 6.45) is 2.64. The molecule has 0 spiro atoms. The Morgan fingerprint density at radius 1 is 1.09 bits per heavy atom. The molecule has 0 radical (unpaired) electrons. The summed E-state index contributed by atoms with van der Waals surface area (Å²) in [5, 5.41) is 20.1. The van der Waals surface area contributed by atoms with Crippen molar-refractivity contribution in [3.63, 3.8) is 0 Å².